The molecule has 0 aromatic heterocycles. The maximum Gasteiger partial charge on any atom is 0.250 e. The zero-order valence-electron chi connectivity index (χ0n) is 11.5. The molecule has 1 fully saturated rings. The normalized spacial score (nSPS) is 19.5. The summed E-state index contributed by atoms with van der Waals surface area (Å²) in [6, 6.07) is 7.46. The van der Waals surface area contributed by atoms with Crippen molar-refractivity contribution in [1.82, 2.24) is 5.32 Å². The number of hydrogen-bond acceptors (Lipinski definition) is 2. The number of nitrogens with zero attached hydrogens (tertiary/aromatic N) is 1. The second-order valence-corrected chi connectivity index (χ2v) is 4.86. The number of carbonyl (C=O) groups is 2. The molecule has 0 saturated carbocycles. The summed E-state index contributed by atoms with van der Waals surface area (Å²) in [5.41, 5.74) is 1.99. The van der Waals surface area contributed by atoms with Crippen molar-refractivity contribution in [2.75, 3.05) is 11.4 Å². The van der Waals surface area contributed by atoms with Gasteiger partial charge in [-0.2, -0.15) is 0 Å². The van der Waals surface area contributed by atoms with Crippen LogP contribution in [0.4, 0.5) is 5.69 Å². The molecule has 102 valence electrons. The first-order valence-corrected chi connectivity index (χ1v) is 6.85. The minimum Gasteiger partial charge on any atom is -0.343 e. The molecule has 1 aromatic rings. The first kappa shape index (κ1) is 13.6. The van der Waals surface area contributed by atoms with Crippen LogP contribution < -0.4 is 10.2 Å². The number of rotatable bonds is 4. The second kappa shape index (κ2) is 5.87. The molecule has 1 aliphatic heterocycles. The second-order valence-electron chi connectivity index (χ2n) is 4.86. The molecule has 0 radical (unpaired) electrons. The Morgan fingerprint density at radius 2 is 2.11 bits per heavy atom. The maximum absolute atomic E-state index is 12.4. The summed E-state index contributed by atoms with van der Waals surface area (Å²) in [7, 11) is 0. The molecule has 1 aromatic carbocycles. The van der Waals surface area contributed by atoms with Crippen molar-refractivity contribution in [3.63, 3.8) is 0 Å². The first-order chi connectivity index (χ1) is 9.15. The summed E-state index contributed by atoms with van der Waals surface area (Å²) in [4.78, 5) is 25.7. The Balaban J connectivity index is 2.26. The highest BCUT2D eigenvalue weighted by atomic mass is 16.2. The summed E-state index contributed by atoms with van der Waals surface area (Å²) >= 11 is 0. The van der Waals surface area contributed by atoms with Gasteiger partial charge in [0.2, 0.25) is 11.8 Å². The fourth-order valence-corrected chi connectivity index (χ4v) is 2.36. The van der Waals surface area contributed by atoms with Crippen LogP contribution in [0.5, 0.6) is 0 Å². The molecule has 1 saturated heterocycles. The van der Waals surface area contributed by atoms with Crippen molar-refractivity contribution in [2.45, 2.75) is 39.2 Å². The van der Waals surface area contributed by atoms with E-state index in [1.165, 1.54) is 5.56 Å². The van der Waals surface area contributed by atoms with Crippen molar-refractivity contribution in [2.24, 2.45) is 0 Å². The average Bonchev–Trinajstić information content (AvgIpc) is 2.43. The molecule has 4 nitrogen and oxygen atoms in total. The number of piperazine rings is 1. The van der Waals surface area contributed by atoms with Crippen LogP contribution in [0, 0.1) is 0 Å². The van der Waals surface area contributed by atoms with Crippen LogP contribution in [0.3, 0.4) is 0 Å². The Hall–Kier alpha value is -1.84. The number of carbonyl (C=O) groups excluding carboxylic acids is 2. The van der Waals surface area contributed by atoms with E-state index in [1.54, 1.807) is 4.90 Å². The topological polar surface area (TPSA) is 49.4 Å². The molecule has 19 heavy (non-hydrogen) atoms. The van der Waals surface area contributed by atoms with Gasteiger partial charge in [-0.3, -0.25) is 9.59 Å². The van der Waals surface area contributed by atoms with Crippen LogP contribution in [0.25, 0.3) is 0 Å². The predicted molar refractivity (Wildman–Crippen MR) is 75.0 cm³/mol. The minimum atomic E-state index is -0.378. The SMILES string of the molecule is CCCC1NC(=O)CN(c2cccc(CC)c2)C1=O. The third-order valence-electron chi connectivity index (χ3n) is 3.41. The van der Waals surface area contributed by atoms with Gasteiger partial charge in [0.15, 0.2) is 0 Å². The lowest BCUT2D eigenvalue weighted by Gasteiger charge is -2.32. The molecular formula is C15H20N2O2. The van der Waals surface area contributed by atoms with Crippen molar-refractivity contribution in [3.05, 3.63) is 29.8 Å². The Morgan fingerprint density at radius 1 is 1.32 bits per heavy atom. The maximum atomic E-state index is 12.4. The third-order valence-corrected chi connectivity index (χ3v) is 3.41. The van der Waals surface area contributed by atoms with E-state index >= 15 is 0 Å². The van der Waals surface area contributed by atoms with Gasteiger partial charge in [0, 0.05) is 5.69 Å². The smallest absolute Gasteiger partial charge is 0.250 e. The van der Waals surface area contributed by atoms with Gasteiger partial charge in [-0.25, -0.2) is 0 Å². The van der Waals surface area contributed by atoms with Crippen molar-refractivity contribution in [3.8, 4) is 0 Å². The number of aryl methyl sites for hydroxylation is 1. The molecule has 1 aliphatic rings. The van der Waals surface area contributed by atoms with Crippen molar-refractivity contribution >= 4 is 17.5 Å². The van der Waals surface area contributed by atoms with Crippen molar-refractivity contribution < 1.29 is 9.59 Å². The van der Waals surface area contributed by atoms with Crippen LogP contribution in [0.1, 0.15) is 32.3 Å². The van der Waals surface area contributed by atoms with E-state index in [1.807, 2.05) is 31.2 Å². The van der Waals surface area contributed by atoms with E-state index < -0.39 is 0 Å². The van der Waals surface area contributed by atoms with Gasteiger partial charge in [-0.1, -0.05) is 32.4 Å². The van der Waals surface area contributed by atoms with Crippen LogP contribution >= 0.6 is 0 Å². The molecule has 0 spiro atoms. The first-order valence-electron chi connectivity index (χ1n) is 6.85. The zero-order chi connectivity index (χ0) is 13.8. The van der Waals surface area contributed by atoms with Gasteiger partial charge >= 0.3 is 0 Å². The Morgan fingerprint density at radius 3 is 2.79 bits per heavy atom. The zero-order valence-corrected chi connectivity index (χ0v) is 11.5. The van der Waals surface area contributed by atoms with Crippen LogP contribution in [0.2, 0.25) is 0 Å². The standard InChI is InChI=1S/C15H20N2O2/c1-3-6-13-15(19)17(10-14(18)16-13)12-8-5-7-11(4-2)9-12/h5,7-9,13H,3-4,6,10H2,1-2H3,(H,16,18). The lowest BCUT2D eigenvalue weighted by Crippen LogP contribution is -2.58. The molecule has 2 amide bonds. The van der Waals surface area contributed by atoms with Gasteiger partial charge in [-0.05, 0) is 30.5 Å². The number of anilines is 1. The molecule has 1 N–H and O–H groups in total. The fraction of sp³-hybridized carbons (Fsp3) is 0.467. The quantitative estimate of drug-likeness (QED) is 0.898. The van der Waals surface area contributed by atoms with Gasteiger partial charge in [-0.15, -0.1) is 0 Å². The number of amides is 2. The monoisotopic (exact) mass is 260 g/mol. The van der Waals surface area contributed by atoms with E-state index in [4.69, 9.17) is 0 Å². The molecule has 0 bridgehead atoms. The van der Waals surface area contributed by atoms with Crippen LogP contribution in [-0.2, 0) is 16.0 Å². The van der Waals surface area contributed by atoms with E-state index in [0.29, 0.717) is 6.42 Å². The third kappa shape index (κ3) is 2.95. The molecular weight excluding hydrogens is 240 g/mol. The van der Waals surface area contributed by atoms with Crippen molar-refractivity contribution in [1.29, 1.82) is 0 Å². The van der Waals surface area contributed by atoms with Gasteiger partial charge in [0.1, 0.15) is 12.6 Å². The summed E-state index contributed by atoms with van der Waals surface area (Å²) in [5, 5.41) is 2.77. The van der Waals surface area contributed by atoms with Gasteiger partial charge in [0.25, 0.3) is 0 Å². The number of hydrogen-bond donors (Lipinski definition) is 1. The van der Waals surface area contributed by atoms with E-state index in [9.17, 15) is 9.59 Å². The molecule has 0 aliphatic carbocycles. The largest absolute Gasteiger partial charge is 0.343 e. The summed E-state index contributed by atoms with van der Waals surface area (Å²) in [6.45, 7) is 4.20. The summed E-state index contributed by atoms with van der Waals surface area (Å²) in [6.07, 6.45) is 2.48. The molecule has 2 rings (SSSR count). The molecule has 1 atom stereocenters. The molecule has 1 heterocycles. The van der Waals surface area contributed by atoms with E-state index in [2.05, 4.69) is 12.2 Å². The highest BCUT2D eigenvalue weighted by Crippen LogP contribution is 2.20. The summed E-state index contributed by atoms with van der Waals surface area (Å²) < 4.78 is 0. The lowest BCUT2D eigenvalue weighted by atomic mass is 10.1. The predicted octanol–water partition coefficient (Wildman–Crippen LogP) is 1.88. The van der Waals surface area contributed by atoms with Crippen LogP contribution in [0.15, 0.2) is 24.3 Å². The lowest BCUT2D eigenvalue weighted by molar-refractivity contribution is -0.131. The van der Waals surface area contributed by atoms with Gasteiger partial charge < -0.3 is 10.2 Å². The highest BCUT2D eigenvalue weighted by molar-refractivity contribution is 6.06. The minimum absolute atomic E-state index is 0.00490. The van der Waals surface area contributed by atoms with E-state index in [0.717, 1.165) is 18.5 Å². The fourth-order valence-electron chi connectivity index (χ4n) is 2.36. The number of nitrogens with one attached hydrogen (secondary N) is 1. The molecule has 4 heteroatoms. The Labute approximate surface area is 113 Å². The van der Waals surface area contributed by atoms with Gasteiger partial charge in [0.05, 0.1) is 0 Å². The Bertz CT molecular complexity index is 485. The number of benzene rings is 1. The Kier molecular flexibility index (Phi) is 4.20. The average molecular weight is 260 g/mol. The summed E-state index contributed by atoms with van der Waals surface area (Å²) in [5.74, 6) is -0.0883. The molecule has 1 unspecified atom stereocenters. The van der Waals surface area contributed by atoms with E-state index in [-0.39, 0.29) is 24.4 Å². The van der Waals surface area contributed by atoms with Crippen LogP contribution in [-0.4, -0.2) is 24.4 Å². The highest BCUT2D eigenvalue weighted by Gasteiger charge is 2.32.